The van der Waals surface area contributed by atoms with E-state index >= 15 is 0 Å². The molecule has 2 aliphatic rings. The van der Waals surface area contributed by atoms with Gasteiger partial charge in [-0.15, -0.1) is 0 Å². The lowest BCUT2D eigenvalue weighted by Gasteiger charge is -2.21. The predicted molar refractivity (Wildman–Crippen MR) is 136 cm³/mol. The summed E-state index contributed by atoms with van der Waals surface area (Å²) in [6.07, 6.45) is 5.18. The van der Waals surface area contributed by atoms with E-state index in [-0.39, 0.29) is 24.3 Å². The van der Waals surface area contributed by atoms with Crippen LogP contribution in [0.4, 0.5) is 11.4 Å². The normalized spacial score (nSPS) is 15.4. The van der Waals surface area contributed by atoms with Crippen LogP contribution in [0.1, 0.15) is 47.4 Å². The summed E-state index contributed by atoms with van der Waals surface area (Å²) in [4.78, 5) is 40.9. The van der Waals surface area contributed by atoms with Crippen LogP contribution in [0.2, 0.25) is 0 Å². The molecule has 186 valence electrons. The second-order valence-electron chi connectivity index (χ2n) is 9.41. The molecule has 3 aromatic rings. The van der Waals surface area contributed by atoms with Crippen LogP contribution in [0.3, 0.4) is 0 Å². The Balaban J connectivity index is 1.20. The zero-order valence-electron chi connectivity index (χ0n) is 20.1. The predicted octanol–water partition coefficient (Wildman–Crippen LogP) is 3.94. The van der Waals surface area contributed by atoms with Gasteiger partial charge in [0, 0.05) is 42.5 Å². The quantitative estimate of drug-likeness (QED) is 0.453. The molecule has 2 heterocycles. The second kappa shape index (κ2) is 10.8. The SMILES string of the molecule is O=C(CN(Cc1ccc(C(=O)NC2CC2)cc1)Cc1ccco1)Nc1ccc(N2CCCC2=O)cc1. The first-order valence-corrected chi connectivity index (χ1v) is 12.4. The Labute approximate surface area is 210 Å². The van der Waals surface area contributed by atoms with Gasteiger partial charge in [-0.25, -0.2) is 0 Å². The average molecular weight is 487 g/mol. The summed E-state index contributed by atoms with van der Waals surface area (Å²) in [7, 11) is 0. The number of nitrogens with one attached hydrogen (secondary N) is 2. The molecule has 1 saturated carbocycles. The summed E-state index contributed by atoms with van der Waals surface area (Å²) in [6, 6.07) is 18.9. The highest BCUT2D eigenvalue weighted by atomic mass is 16.3. The van der Waals surface area contributed by atoms with E-state index in [1.807, 2.05) is 65.6 Å². The summed E-state index contributed by atoms with van der Waals surface area (Å²) >= 11 is 0. The van der Waals surface area contributed by atoms with Crippen molar-refractivity contribution in [2.75, 3.05) is 23.3 Å². The van der Waals surface area contributed by atoms with Crippen molar-refractivity contribution < 1.29 is 18.8 Å². The standard InChI is InChI=1S/C28H30N4O4/c33-26(29-22-11-13-24(14-12-22)32-15-1-4-27(32)34)19-31(18-25-3-2-16-36-25)17-20-5-7-21(8-6-20)28(35)30-23-9-10-23/h2-3,5-8,11-14,16,23H,1,4,9-10,15,17-19H2,(H,29,33)(H,30,35). The lowest BCUT2D eigenvalue weighted by molar-refractivity contribution is -0.118. The molecule has 1 aromatic heterocycles. The molecule has 2 N–H and O–H groups in total. The monoisotopic (exact) mass is 486 g/mol. The summed E-state index contributed by atoms with van der Waals surface area (Å²) in [5.41, 5.74) is 3.17. The Morgan fingerprint density at radius 2 is 1.78 bits per heavy atom. The molecule has 0 atom stereocenters. The molecule has 1 saturated heterocycles. The Hall–Kier alpha value is -3.91. The van der Waals surface area contributed by atoms with Gasteiger partial charge in [0.25, 0.3) is 5.91 Å². The fourth-order valence-corrected chi connectivity index (χ4v) is 4.36. The second-order valence-corrected chi connectivity index (χ2v) is 9.41. The molecule has 1 aliphatic carbocycles. The van der Waals surface area contributed by atoms with Crippen molar-refractivity contribution in [3.05, 3.63) is 83.8 Å². The molecule has 36 heavy (non-hydrogen) atoms. The number of hydrogen-bond donors (Lipinski definition) is 2. The molecule has 0 radical (unpaired) electrons. The fourth-order valence-electron chi connectivity index (χ4n) is 4.36. The third-order valence-electron chi connectivity index (χ3n) is 6.40. The van der Waals surface area contributed by atoms with Crippen molar-refractivity contribution in [3.8, 4) is 0 Å². The van der Waals surface area contributed by atoms with E-state index in [4.69, 9.17) is 4.42 Å². The van der Waals surface area contributed by atoms with Crippen LogP contribution in [-0.4, -0.2) is 41.8 Å². The van der Waals surface area contributed by atoms with Crippen LogP contribution in [-0.2, 0) is 22.7 Å². The van der Waals surface area contributed by atoms with Crippen LogP contribution < -0.4 is 15.5 Å². The minimum absolute atomic E-state index is 0.0454. The minimum atomic E-state index is -0.146. The summed E-state index contributed by atoms with van der Waals surface area (Å²) in [5, 5.41) is 5.94. The molecular formula is C28H30N4O4. The topological polar surface area (TPSA) is 94.9 Å². The Kier molecular flexibility index (Phi) is 7.13. The Morgan fingerprint density at radius 3 is 2.42 bits per heavy atom. The van der Waals surface area contributed by atoms with Crippen LogP contribution in [0, 0.1) is 0 Å². The van der Waals surface area contributed by atoms with Gasteiger partial charge in [0.2, 0.25) is 11.8 Å². The van der Waals surface area contributed by atoms with E-state index in [0.717, 1.165) is 42.8 Å². The van der Waals surface area contributed by atoms with Crippen molar-refractivity contribution in [1.29, 1.82) is 0 Å². The number of carbonyl (C=O) groups excluding carboxylic acids is 3. The van der Waals surface area contributed by atoms with E-state index in [2.05, 4.69) is 10.6 Å². The van der Waals surface area contributed by atoms with Gasteiger partial charge in [0.1, 0.15) is 5.76 Å². The number of carbonyl (C=O) groups is 3. The molecule has 1 aliphatic heterocycles. The molecule has 5 rings (SSSR count). The highest BCUT2D eigenvalue weighted by molar-refractivity contribution is 5.96. The highest BCUT2D eigenvalue weighted by Crippen LogP contribution is 2.23. The van der Waals surface area contributed by atoms with E-state index < -0.39 is 0 Å². The van der Waals surface area contributed by atoms with E-state index in [1.54, 1.807) is 11.2 Å². The van der Waals surface area contributed by atoms with Gasteiger partial charge in [0.15, 0.2) is 0 Å². The maximum atomic E-state index is 12.9. The van der Waals surface area contributed by atoms with E-state index in [9.17, 15) is 14.4 Å². The molecular weight excluding hydrogens is 456 g/mol. The molecule has 0 spiro atoms. The number of benzene rings is 2. The first kappa shape index (κ1) is 23.8. The van der Waals surface area contributed by atoms with E-state index in [0.29, 0.717) is 36.8 Å². The molecule has 8 nitrogen and oxygen atoms in total. The van der Waals surface area contributed by atoms with Gasteiger partial charge in [-0.3, -0.25) is 19.3 Å². The van der Waals surface area contributed by atoms with Crippen molar-refractivity contribution in [3.63, 3.8) is 0 Å². The molecule has 2 aromatic carbocycles. The molecule has 8 heteroatoms. The van der Waals surface area contributed by atoms with Gasteiger partial charge < -0.3 is 20.0 Å². The average Bonchev–Trinajstić information content (AvgIpc) is 3.33. The smallest absolute Gasteiger partial charge is 0.251 e. The Bertz CT molecular complexity index is 1200. The number of amides is 3. The molecule has 0 unspecified atom stereocenters. The maximum Gasteiger partial charge on any atom is 0.251 e. The van der Waals surface area contributed by atoms with Crippen molar-refractivity contribution in [2.45, 2.75) is 44.8 Å². The van der Waals surface area contributed by atoms with Crippen molar-refractivity contribution in [1.82, 2.24) is 10.2 Å². The minimum Gasteiger partial charge on any atom is -0.468 e. The fraction of sp³-hybridized carbons (Fsp3) is 0.321. The number of rotatable bonds is 10. The first-order valence-electron chi connectivity index (χ1n) is 12.4. The van der Waals surface area contributed by atoms with Gasteiger partial charge in [-0.05, 0) is 73.4 Å². The third kappa shape index (κ3) is 6.20. The largest absolute Gasteiger partial charge is 0.468 e. The molecule has 3 amide bonds. The lowest BCUT2D eigenvalue weighted by Crippen LogP contribution is -2.32. The zero-order valence-corrected chi connectivity index (χ0v) is 20.1. The van der Waals surface area contributed by atoms with Gasteiger partial charge in [-0.2, -0.15) is 0 Å². The summed E-state index contributed by atoms with van der Waals surface area (Å²) in [6.45, 7) is 1.89. The molecule has 2 fully saturated rings. The zero-order chi connectivity index (χ0) is 24.9. The Morgan fingerprint density at radius 1 is 1.00 bits per heavy atom. The van der Waals surface area contributed by atoms with Crippen molar-refractivity contribution >= 4 is 29.1 Å². The summed E-state index contributed by atoms with van der Waals surface area (Å²) in [5.74, 6) is 0.711. The van der Waals surface area contributed by atoms with Crippen LogP contribution in [0.15, 0.2) is 71.3 Å². The number of nitrogens with zero attached hydrogens (tertiary/aromatic N) is 2. The summed E-state index contributed by atoms with van der Waals surface area (Å²) < 4.78 is 5.51. The first-order chi connectivity index (χ1) is 17.5. The molecule has 0 bridgehead atoms. The van der Waals surface area contributed by atoms with Crippen LogP contribution in [0.25, 0.3) is 0 Å². The van der Waals surface area contributed by atoms with Crippen LogP contribution >= 0.6 is 0 Å². The van der Waals surface area contributed by atoms with Crippen LogP contribution in [0.5, 0.6) is 0 Å². The van der Waals surface area contributed by atoms with Gasteiger partial charge in [0.05, 0.1) is 19.4 Å². The van der Waals surface area contributed by atoms with Crippen molar-refractivity contribution in [2.24, 2.45) is 0 Å². The number of furan rings is 1. The highest BCUT2D eigenvalue weighted by Gasteiger charge is 2.24. The maximum absolute atomic E-state index is 12.9. The van der Waals surface area contributed by atoms with Gasteiger partial charge in [-0.1, -0.05) is 12.1 Å². The lowest BCUT2D eigenvalue weighted by atomic mass is 10.1. The number of hydrogen-bond acceptors (Lipinski definition) is 5. The number of anilines is 2. The third-order valence-corrected chi connectivity index (χ3v) is 6.40. The van der Waals surface area contributed by atoms with Gasteiger partial charge >= 0.3 is 0 Å². The van der Waals surface area contributed by atoms with E-state index in [1.165, 1.54) is 0 Å².